The number of benzene rings is 1. The standard InChI is InChI=1S/C19H28N4O2/c1-19(2,3)15-6-8-16(9-7-15)25-11-10-21-18(24)17(20-4)14-12-22-23(5)13-14/h6-9,12-13,17,20H,10-11H2,1-5H3,(H,21,24). The summed E-state index contributed by atoms with van der Waals surface area (Å²) in [7, 11) is 3.58. The fourth-order valence-corrected chi connectivity index (χ4v) is 2.53. The van der Waals surface area contributed by atoms with E-state index in [4.69, 9.17) is 4.74 Å². The number of carbonyl (C=O) groups is 1. The number of hydrogen-bond donors (Lipinski definition) is 2. The molecular formula is C19H28N4O2. The molecule has 1 aromatic heterocycles. The summed E-state index contributed by atoms with van der Waals surface area (Å²) in [5, 5.41) is 9.99. The van der Waals surface area contributed by atoms with Crippen LogP contribution in [0.4, 0.5) is 0 Å². The van der Waals surface area contributed by atoms with Crippen LogP contribution in [0.25, 0.3) is 0 Å². The van der Waals surface area contributed by atoms with Gasteiger partial charge in [-0.3, -0.25) is 9.48 Å². The summed E-state index contributed by atoms with van der Waals surface area (Å²) < 4.78 is 7.37. The number of carbonyl (C=O) groups excluding carboxylic acids is 1. The number of amides is 1. The third kappa shape index (κ3) is 5.32. The molecule has 1 heterocycles. The number of ether oxygens (including phenoxy) is 1. The van der Waals surface area contributed by atoms with E-state index in [2.05, 4.69) is 48.6 Å². The van der Waals surface area contributed by atoms with Gasteiger partial charge in [-0.1, -0.05) is 32.9 Å². The molecule has 136 valence electrons. The monoisotopic (exact) mass is 344 g/mol. The van der Waals surface area contributed by atoms with Crippen LogP contribution in [0.3, 0.4) is 0 Å². The molecule has 0 fully saturated rings. The van der Waals surface area contributed by atoms with Crippen LogP contribution in [-0.4, -0.2) is 35.9 Å². The largest absolute Gasteiger partial charge is 0.492 e. The van der Waals surface area contributed by atoms with E-state index in [-0.39, 0.29) is 11.3 Å². The molecule has 2 rings (SSSR count). The summed E-state index contributed by atoms with van der Waals surface area (Å²) in [4.78, 5) is 12.3. The van der Waals surface area contributed by atoms with Crippen LogP contribution in [0.2, 0.25) is 0 Å². The first-order valence-corrected chi connectivity index (χ1v) is 8.48. The molecule has 0 aliphatic heterocycles. The zero-order valence-corrected chi connectivity index (χ0v) is 15.7. The molecule has 0 saturated heterocycles. The highest BCUT2D eigenvalue weighted by Crippen LogP contribution is 2.24. The normalized spacial score (nSPS) is 12.7. The van der Waals surface area contributed by atoms with Crippen LogP contribution < -0.4 is 15.4 Å². The zero-order valence-electron chi connectivity index (χ0n) is 15.7. The Bertz CT molecular complexity index is 686. The van der Waals surface area contributed by atoms with Gasteiger partial charge in [0.1, 0.15) is 18.4 Å². The lowest BCUT2D eigenvalue weighted by Gasteiger charge is -2.19. The quantitative estimate of drug-likeness (QED) is 0.756. The summed E-state index contributed by atoms with van der Waals surface area (Å²) >= 11 is 0. The van der Waals surface area contributed by atoms with Crippen LogP contribution in [0.15, 0.2) is 36.7 Å². The first kappa shape index (κ1) is 19.0. The van der Waals surface area contributed by atoms with Crippen molar-refractivity contribution in [2.24, 2.45) is 7.05 Å². The molecule has 25 heavy (non-hydrogen) atoms. The maximum Gasteiger partial charge on any atom is 0.241 e. The van der Waals surface area contributed by atoms with E-state index in [9.17, 15) is 4.79 Å². The second-order valence-corrected chi connectivity index (χ2v) is 7.08. The second-order valence-electron chi connectivity index (χ2n) is 7.08. The Morgan fingerprint density at radius 2 is 1.96 bits per heavy atom. The number of nitrogens with zero attached hydrogens (tertiary/aromatic N) is 2. The minimum atomic E-state index is -0.417. The maximum atomic E-state index is 12.3. The molecule has 0 spiro atoms. The van der Waals surface area contributed by atoms with Crippen molar-refractivity contribution in [1.29, 1.82) is 0 Å². The van der Waals surface area contributed by atoms with Crippen molar-refractivity contribution in [2.75, 3.05) is 20.2 Å². The van der Waals surface area contributed by atoms with E-state index < -0.39 is 6.04 Å². The van der Waals surface area contributed by atoms with Crippen LogP contribution in [0.1, 0.15) is 37.9 Å². The molecule has 1 atom stereocenters. The summed E-state index contributed by atoms with van der Waals surface area (Å²) in [5.74, 6) is 0.710. The Morgan fingerprint density at radius 3 is 2.48 bits per heavy atom. The molecule has 1 amide bonds. The maximum absolute atomic E-state index is 12.3. The first-order valence-electron chi connectivity index (χ1n) is 8.48. The van der Waals surface area contributed by atoms with Crippen molar-refractivity contribution in [3.63, 3.8) is 0 Å². The highest BCUT2D eigenvalue weighted by molar-refractivity contribution is 5.82. The molecule has 2 aromatic rings. The van der Waals surface area contributed by atoms with Gasteiger partial charge in [0.15, 0.2) is 0 Å². The van der Waals surface area contributed by atoms with Gasteiger partial charge < -0.3 is 15.4 Å². The summed E-state index contributed by atoms with van der Waals surface area (Å²) in [6.07, 6.45) is 3.52. The minimum Gasteiger partial charge on any atom is -0.492 e. The Labute approximate surface area is 149 Å². The highest BCUT2D eigenvalue weighted by Gasteiger charge is 2.19. The number of hydrogen-bond acceptors (Lipinski definition) is 4. The van der Waals surface area contributed by atoms with Gasteiger partial charge in [0.25, 0.3) is 0 Å². The molecule has 1 aromatic carbocycles. The van der Waals surface area contributed by atoms with Crippen LogP contribution >= 0.6 is 0 Å². The van der Waals surface area contributed by atoms with E-state index in [1.165, 1.54) is 5.56 Å². The van der Waals surface area contributed by atoms with E-state index in [0.29, 0.717) is 13.2 Å². The van der Waals surface area contributed by atoms with Gasteiger partial charge in [-0.05, 0) is 30.2 Å². The van der Waals surface area contributed by atoms with Crippen molar-refractivity contribution in [2.45, 2.75) is 32.2 Å². The molecule has 1 unspecified atom stereocenters. The number of rotatable bonds is 7. The molecular weight excluding hydrogens is 316 g/mol. The van der Waals surface area contributed by atoms with Crippen molar-refractivity contribution < 1.29 is 9.53 Å². The summed E-state index contributed by atoms with van der Waals surface area (Å²) in [5.41, 5.74) is 2.23. The smallest absolute Gasteiger partial charge is 0.241 e. The SMILES string of the molecule is CNC(C(=O)NCCOc1ccc(C(C)(C)C)cc1)c1cnn(C)c1. The third-order valence-corrected chi connectivity index (χ3v) is 4.00. The van der Waals surface area contributed by atoms with Gasteiger partial charge in [-0.2, -0.15) is 5.10 Å². The predicted molar refractivity (Wildman–Crippen MR) is 98.7 cm³/mol. The van der Waals surface area contributed by atoms with Gasteiger partial charge in [-0.25, -0.2) is 0 Å². The van der Waals surface area contributed by atoms with E-state index in [1.807, 2.05) is 25.4 Å². The molecule has 0 aliphatic rings. The zero-order chi connectivity index (χ0) is 18.4. The van der Waals surface area contributed by atoms with Crippen LogP contribution in [-0.2, 0) is 17.3 Å². The number of nitrogens with one attached hydrogen (secondary N) is 2. The van der Waals surface area contributed by atoms with Gasteiger partial charge in [-0.15, -0.1) is 0 Å². The molecule has 6 heteroatoms. The van der Waals surface area contributed by atoms with Crippen LogP contribution in [0.5, 0.6) is 5.75 Å². The van der Waals surface area contributed by atoms with Gasteiger partial charge in [0.2, 0.25) is 5.91 Å². The number of aromatic nitrogens is 2. The summed E-state index contributed by atoms with van der Waals surface area (Å²) in [6.45, 7) is 7.40. The molecule has 6 nitrogen and oxygen atoms in total. The second kappa shape index (κ2) is 8.16. The average molecular weight is 344 g/mol. The molecule has 0 bridgehead atoms. The topological polar surface area (TPSA) is 68.2 Å². The van der Waals surface area contributed by atoms with E-state index in [1.54, 1.807) is 17.9 Å². The third-order valence-electron chi connectivity index (χ3n) is 4.00. The van der Waals surface area contributed by atoms with Crippen molar-refractivity contribution in [1.82, 2.24) is 20.4 Å². The van der Waals surface area contributed by atoms with E-state index in [0.717, 1.165) is 11.3 Å². The van der Waals surface area contributed by atoms with Gasteiger partial charge in [0, 0.05) is 18.8 Å². The van der Waals surface area contributed by atoms with Gasteiger partial charge in [0.05, 0.1) is 12.7 Å². The lowest BCUT2D eigenvalue weighted by molar-refractivity contribution is -0.123. The lowest BCUT2D eigenvalue weighted by atomic mass is 9.87. The van der Waals surface area contributed by atoms with Crippen molar-refractivity contribution >= 4 is 5.91 Å². The summed E-state index contributed by atoms with van der Waals surface area (Å²) in [6, 6.07) is 7.67. The Kier molecular flexibility index (Phi) is 6.20. The fourth-order valence-electron chi connectivity index (χ4n) is 2.53. The van der Waals surface area contributed by atoms with Gasteiger partial charge >= 0.3 is 0 Å². The first-order chi connectivity index (χ1) is 11.8. The average Bonchev–Trinajstić information content (AvgIpc) is 2.98. The fraction of sp³-hybridized carbons (Fsp3) is 0.474. The Morgan fingerprint density at radius 1 is 1.28 bits per heavy atom. The number of aryl methyl sites for hydroxylation is 1. The molecule has 0 saturated carbocycles. The highest BCUT2D eigenvalue weighted by atomic mass is 16.5. The minimum absolute atomic E-state index is 0.0952. The predicted octanol–water partition coefficient (Wildman–Crippen LogP) is 2.17. The van der Waals surface area contributed by atoms with Crippen LogP contribution in [0, 0.1) is 0 Å². The molecule has 0 radical (unpaired) electrons. The Balaban J connectivity index is 1.79. The molecule has 2 N–H and O–H groups in total. The lowest BCUT2D eigenvalue weighted by Crippen LogP contribution is -2.37. The van der Waals surface area contributed by atoms with Crippen molar-refractivity contribution in [3.8, 4) is 5.75 Å². The molecule has 0 aliphatic carbocycles. The van der Waals surface area contributed by atoms with Crippen molar-refractivity contribution in [3.05, 3.63) is 47.8 Å². The Hall–Kier alpha value is -2.34. The number of likely N-dealkylation sites (N-methyl/N-ethyl adjacent to an activating group) is 1. The van der Waals surface area contributed by atoms with E-state index >= 15 is 0 Å².